The predicted octanol–water partition coefficient (Wildman–Crippen LogP) is 3.07. The lowest BCUT2D eigenvalue weighted by atomic mass is 10.0. The number of amides is 1. The molecule has 1 N–H and O–H groups in total. The van der Waals surface area contributed by atoms with E-state index in [2.05, 4.69) is 34.3 Å². The third-order valence-corrected chi connectivity index (χ3v) is 5.37. The van der Waals surface area contributed by atoms with Gasteiger partial charge in [0.05, 0.1) is 10.6 Å². The number of carbonyl (C=O) groups is 1. The smallest absolute Gasteiger partial charge is 0.255 e. The average molecular weight is 390 g/mol. The Morgan fingerprint density at radius 3 is 2.48 bits per heavy atom. The van der Waals surface area contributed by atoms with E-state index in [1.165, 1.54) is 23.8 Å². The van der Waals surface area contributed by atoms with Crippen molar-refractivity contribution in [1.82, 2.24) is 15.1 Å². The van der Waals surface area contributed by atoms with E-state index in [4.69, 9.17) is 11.6 Å². The highest BCUT2D eigenvalue weighted by Crippen LogP contribution is 2.19. The number of carbonyl (C=O) groups excluding carboxylic acids is 1. The first kappa shape index (κ1) is 19.8. The summed E-state index contributed by atoms with van der Waals surface area (Å²) >= 11 is 6.02. The summed E-state index contributed by atoms with van der Waals surface area (Å²) in [5.74, 6) is -1.07. The Balaban J connectivity index is 1.70. The van der Waals surface area contributed by atoms with E-state index in [9.17, 15) is 9.18 Å². The molecule has 1 atom stereocenters. The summed E-state index contributed by atoms with van der Waals surface area (Å²) in [5, 5.41) is 3.02. The van der Waals surface area contributed by atoms with Crippen molar-refractivity contribution in [2.45, 2.75) is 12.5 Å². The number of nitrogens with zero attached hydrogens (tertiary/aromatic N) is 2. The number of hydrogen-bond acceptors (Lipinski definition) is 3. The first-order chi connectivity index (χ1) is 13.0. The van der Waals surface area contributed by atoms with Crippen molar-refractivity contribution >= 4 is 17.5 Å². The molecule has 0 aromatic heterocycles. The van der Waals surface area contributed by atoms with E-state index >= 15 is 0 Å². The fraction of sp³-hybridized carbons (Fsp3) is 0.381. The number of halogens is 2. The molecule has 0 radical (unpaired) electrons. The van der Waals surface area contributed by atoms with E-state index in [0.717, 1.165) is 32.6 Å². The zero-order chi connectivity index (χ0) is 19.2. The minimum atomic E-state index is -0.598. The van der Waals surface area contributed by atoms with Crippen LogP contribution >= 0.6 is 11.6 Å². The second-order valence-electron chi connectivity index (χ2n) is 6.99. The van der Waals surface area contributed by atoms with E-state index in [0.29, 0.717) is 6.54 Å². The molecule has 0 aliphatic carbocycles. The molecule has 1 saturated heterocycles. The number of hydrogen-bond donors (Lipinski definition) is 1. The Bertz CT molecular complexity index is 743. The van der Waals surface area contributed by atoms with E-state index < -0.39 is 11.7 Å². The van der Waals surface area contributed by atoms with Crippen molar-refractivity contribution in [3.8, 4) is 0 Å². The molecule has 1 aliphatic rings. The third kappa shape index (κ3) is 5.28. The summed E-state index contributed by atoms with van der Waals surface area (Å²) in [6, 6.07) is 14.7. The molecule has 27 heavy (non-hydrogen) atoms. The van der Waals surface area contributed by atoms with Crippen LogP contribution < -0.4 is 5.32 Å². The zero-order valence-electron chi connectivity index (χ0n) is 15.5. The van der Waals surface area contributed by atoms with Gasteiger partial charge in [-0.15, -0.1) is 0 Å². The van der Waals surface area contributed by atoms with Crippen molar-refractivity contribution in [2.24, 2.45) is 0 Å². The Morgan fingerprint density at radius 2 is 1.81 bits per heavy atom. The quantitative estimate of drug-likeness (QED) is 0.824. The molecule has 1 fully saturated rings. The van der Waals surface area contributed by atoms with Gasteiger partial charge in [0, 0.05) is 38.8 Å². The van der Waals surface area contributed by atoms with Gasteiger partial charge < -0.3 is 10.2 Å². The Kier molecular flexibility index (Phi) is 6.83. The van der Waals surface area contributed by atoms with E-state index in [1.54, 1.807) is 0 Å². The molecule has 1 amide bonds. The maximum atomic E-state index is 14.0. The van der Waals surface area contributed by atoms with Crippen LogP contribution in [0.1, 0.15) is 15.9 Å². The molecule has 1 heterocycles. The van der Waals surface area contributed by atoms with Gasteiger partial charge in [0.2, 0.25) is 0 Å². The molecule has 3 rings (SSSR count). The summed E-state index contributed by atoms with van der Waals surface area (Å²) < 4.78 is 14.0. The number of rotatable bonds is 6. The molecule has 2 aromatic carbocycles. The SMILES string of the molecule is CN1CCN(C(CNC(=O)c2c(F)cccc2Cl)Cc2ccccc2)CC1. The van der Waals surface area contributed by atoms with Crippen LogP contribution in [-0.4, -0.2) is 61.5 Å². The second-order valence-corrected chi connectivity index (χ2v) is 7.40. The van der Waals surface area contributed by atoms with Gasteiger partial charge in [-0.05, 0) is 31.2 Å². The van der Waals surface area contributed by atoms with Gasteiger partial charge in [0.1, 0.15) is 5.82 Å². The van der Waals surface area contributed by atoms with Gasteiger partial charge in [0.25, 0.3) is 5.91 Å². The molecule has 0 spiro atoms. The Hall–Kier alpha value is -1.95. The Labute approximate surface area is 164 Å². The molecular formula is C21H25ClFN3O. The lowest BCUT2D eigenvalue weighted by Crippen LogP contribution is -2.53. The fourth-order valence-corrected chi connectivity index (χ4v) is 3.67. The number of piperazine rings is 1. The van der Waals surface area contributed by atoms with Crippen LogP contribution in [0.5, 0.6) is 0 Å². The topological polar surface area (TPSA) is 35.6 Å². The summed E-state index contributed by atoms with van der Waals surface area (Å²) in [5.41, 5.74) is 1.13. The van der Waals surface area contributed by atoms with E-state index in [1.807, 2.05) is 18.2 Å². The minimum Gasteiger partial charge on any atom is -0.350 e. The van der Waals surface area contributed by atoms with Gasteiger partial charge in [-0.1, -0.05) is 48.0 Å². The van der Waals surface area contributed by atoms with Crippen molar-refractivity contribution in [3.05, 3.63) is 70.5 Å². The van der Waals surface area contributed by atoms with Crippen LogP contribution in [0.3, 0.4) is 0 Å². The lowest BCUT2D eigenvalue weighted by Gasteiger charge is -2.38. The zero-order valence-corrected chi connectivity index (χ0v) is 16.3. The molecule has 144 valence electrons. The van der Waals surface area contributed by atoms with Gasteiger partial charge in [-0.25, -0.2) is 4.39 Å². The van der Waals surface area contributed by atoms with Crippen molar-refractivity contribution < 1.29 is 9.18 Å². The highest BCUT2D eigenvalue weighted by atomic mass is 35.5. The molecule has 2 aromatic rings. The van der Waals surface area contributed by atoms with Crippen LogP contribution in [0.25, 0.3) is 0 Å². The monoisotopic (exact) mass is 389 g/mol. The van der Waals surface area contributed by atoms with Gasteiger partial charge in [0.15, 0.2) is 0 Å². The lowest BCUT2D eigenvalue weighted by molar-refractivity contribution is 0.0882. The third-order valence-electron chi connectivity index (χ3n) is 5.06. The molecule has 6 heteroatoms. The van der Waals surface area contributed by atoms with Gasteiger partial charge in [-0.3, -0.25) is 9.69 Å². The molecule has 1 aliphatic heterocycles. The largest absolute Gasteiger partial charge is 0.350 e. The van der Waals surface area contributed by atoms with Gasteiger partial charge >= 0.3 is 0 Å². The van der Waals surface area contributed by atoms with Crippen molar-refractivity contribution in [1.29, 1.82) is 0 Å². The van der Waals surface area contributed by atoms with Crippen molar-refractivity contribution in [3.63, 3.8) is 0 Å². The highest BCUT2D eigenvalue weighted by molar-refractivity contribution is 6.33. The Morgan fingerprint density at radius 1 is 1.11 bits per heavy atom. The van der Waals surface area contributed by atoms with Crippen LogP contribution in [-0.2, 0) is 6.42 Å². The maximum Gasteiger partial charge on any atom is 0.255 e. The molecule has 1 unspecified atom stereocenters. The predicted molar refractivity (Wildman–Crippen MR) is 107 cm³/mol. The summed E-state index contributed by atoms with van der Waals surface area (Å²) in [4.78, 5) is 17.2. The highest BCUT2D eigenvalue weighted by Gasteiger charge is 2.24. The standard InChI is InChI=1S/C21H25ClFN3O/c1-25-10-12-26(13-11-25)17(14-16-6-3-2-4-7-16)15-24-21(27)20-18(22)8-5-9-19(20)23/h2-9,17H,10-15H2,1H3,(H,24,27). The molecule has 0 saturated carbocycles. The van der Waals surface area contributed by atoms with Crippen LogP contribution in [0, 0.1) is 5.82 Å². The first-order valence-corrected chi connectivity index (χ1v) is 9.61. The van der Waals surface area contributed by atoms with Gasteiger partial charge in [-0.2, -0.15) is 0 Å². The number of nitrogens with one attached hydrogen (secondary N) is 1. The normalized spacial score (nSPS) is 16.9. The molecule has 0 bridgehead atoms. The number of likely N-dealkylation sites (N-methyl/N-ethyl adjacent to an activating group) is 1. The van der Waals surface area contributed by atoms with Crippen LogP contribution in [0.15, 0.2) is 48.5 Å². The van der Waals surface area contributed by atoms with Crippen molar-refractivity contribution in [2.75, 3.05) is 39.8 Å². The average Bonchev–Trinajstić information content (AvgIpc) is 2.66. The van der Waals surface area contributed by atoms with E-state index in [-0.39, 0.29) is 16.6 Å². The fourth-order valence-electron chi connectivity index (χ4n) is 3.42. The van der Waals surface area contributed by atoms with Crippen LogP contribution in [0.4, 0.5) is 4.39 Å². The summed E-state index contributed by atoms with van der Waals surface area (Å²) in [6.45, 7) is 4.34. The molecular weight excluding hydrogens is 365 g/mol. The molecule has 4 nitrogen and oxygen atoms in total. The number of benzene rings is 2. The minimum absolute atomic E-state index is 0.0870. The summed E-state index contributed by atoms with van der Waals surface area (Å²) in [7, 11) is 2.12. The second kappa shape index (κ2) is 9.31. The summed E-state index contributed by atoms with van der Waals surface area (Å²) in [6.07, 6.45) is 0.829. The maximum absolute atomic E-state index is 14.0. The first-order valence-electron chi connectivity index (χ1n) is 9.23. The van der Waals surface area contributed by atoms with Crippen LogP contribution in [0.2, 0.25) is 5.02 Å².